The first kappa shape index (κ1) is 14.3. The molecule has 0 radical (unpaired) electrons. The first-order valence-corrected chi connectivity index (χ1v) is 6.68. The van der Waals surface area contributed by atoms with Crippen LogP contribution < -0.4 is 4.74 Å². The van der Waals surface area contributed by atoms with Gasteiger partial charge in [-0.3, -0.25) is 0 Å². The van der Waals surface area contributed by atoms with Crippen LogP contribution in [0, 0.1) is 0 Å². The second kappa shape index (κ2) is 7.46. The van der Waals surface area contributed by atoms with Crippen molar-refractivity contribution in [2.45, 2.75) is 19.4 Å². The van der Waals surface area contributed by atoms with Gasteiger partial charge >= 0.3 is 5.97 Å². The molecule has 1 atom stereocenters. The van der Waals surface area contributed by atoms with Crippen molar-refractivity contribution in [3.8, 4) is 5.75 Å². The molecule has 0 fully saturated rings. The van der Waals surface area contributed by atoms with E-state index in [1.165, 1.54) is 5.56 Å². The minimum absolute atomic E-state index is 0.371. The van der Waals surface area contributed by atoms with Crippen LogP contribution in [0.2, 0.25) is 0 Å². The fourth-order valence-corrected chi connectivity index (χ4v) is 1.75. The topological polar surface area (TPSA) is 35.5 Å². The number of carbonyl (C=O) groups excluding carboxylic acids is 1. The molecule has 0 saturated heterocycles. The molecule has 0 heterocycles. The molecular weight excluding hydrogens is 252 g/mol. The molecule has 0 aromatic heterocycles. The molecule has 0 amide bonds. The molecule has 0 aliphatic rings. The number of hydrogen-bond acceptors (Lipinski definition) is 3. The molecule has 0 aliphatic heterocycles. The summed E-state index contributed by atoms with van der Waals surface area (Å²) in [5.41, 5.74) is 1.19. The van der Waals surface area contributed by atoms with Crippen molar-refractivity contribution in [2.24, 2.45) is 0 Å². The first-order chi connectivity index (χ1) is 9.75. The molecule has 0 saturated carbocycles. The van der Waals surface area contributed by atoms with Crippen molar-refractivity contribution in [3.63, 3.8) is 0 Å². The van der Waals surface area contributed by atoms with Gasteiger partial charge in [0.2, 0.25) is 0 Å². The predicted molar refractivity (Wildman–Crippen MR) is 77.6 cm³/mol. The lowest BCUT2D eigenvalue weighted by molar-refractivity contribution is -0.146. The second-order valence-corrected chi connectivity index (χ2v) is 4.48. The Labute approximate surface area is 119 Å². The SMILES string of the molecule is CC(OCCc1ccccc1)C(=O)Oc1ccccc1. The smallest absolute Gasteiger partial charge is 0.340 e. The van der Waals surface area contributed by atoms with E-state index in [2.05, 4.69) is 0 Å². The van der Waals surface area contributed by atoms with E-state index in [9.17, 15) is 4.79 Å². The zero-order valence-electron chi connectivity index (χ0n) is 11.5. The van der Waals surface area contributed by atoms with Crippen LogP contribution in [0.3, 0.4) is 0 Å². The number of hydrogen-bond donors (Lipinski definition) is 0. The number of rotatable bonds is 6. The van der Waals surface area contributed by atoms with Gasteiger partial charge in [0.15, 0.2) is 6.10 Å². The Balaban J connectivity index is 1.74. The summed E-state index contributed by atoms with van der Waals surface area (Å²) < 4.78 is 10.7. The van der Waals surface area contributed by atoms with Crippen molar-refractivity contribution in [1.29, 1.82) is 0 Å². The van der Waals surface area contributed by atoms with E-state index < -0.39 is 6.10 Å². The lowest BCUT2D eigenvalue weighted by atomic mass is 10.2. The number of para-hydroxylation sites is 1. The van der Waals surface area contributed by atoms with Crippen molar-refractivity contribution in [3.05, 3.63) is 66.2 Å². The lowest BCUT2D eigenvalue weighted by Crippen LogP contribution is -2.26. The zero-order valence-corrected chi connectivity index (χ0v) is 11.5. The highest BCUT2D eigenvalue weighted by Gasteiger charge is 2.15. The molecule has 0 N–H and O–H groups in total. The largest absolute Gasteiger partial charge is 0.425 e. The maximum absolute atomic E-state index is 11.8. The van der Waals surface area contributed by atoms with E-state index in [4.69, 9.17) is 9.47 Å². The van der Waals surface area contributed by atoms with Gasteiger partial charge in [-0.2, -0.15) is 0 Å². The van der Waals surface area contributed by atoms with E-state index in [1.54, 1.807) is 19.1 Å². The van der Waals surface area contributed by atoms with Crippen molar-refractivity contribution in [2.75, 3.05) is 6.61 Å². The van der Waals surface area contributed by atoms with Crippen LogP contribution in [-0.4, -0.2) is 18.7 Å². The number of ether oxygens (including phenoxy) is 2. The van der Waals surface area contributed by atoms with E-state index in [1.807, 2.05) is 48.5 Å². The predicted octanol–water partition coefficient (Wildman–Crippen LogP) is 3.24. The van der Waals surface area contributed by atoms with Gasteiger partial charge < -0.3 is 9.47 Å². The summed E-state index contributed by atoms with van der Waals surface area (Å²) in [5, 5.41) is 0. The number of esters is 1. The van der Waals surface area contributed by atoms with Gasteiger partial charge in [-0.1, -0.05) is 48.5 Å². The maximum atomic E-state index is 11.8. The Morgan fingerprint density at radius 1 is 1.00 bits per heavy atom. The van der Waals surface area contributed by atoms with Crippen LogP contribution in [0.25, 0.3) is 0 Å². The summed E-state index contributed by atoms with van der Waals surface area (Å²) in [6.07, 6.45) is 0.211. The molecule has 2 rings (SSSR count). The molecule has 0 aliphatic carbocycles. The van der Waals surface area contributed by atoms with Crippen molar-refractivity contribution >= 4 is 5.97 Å². The summed E-state index contributed by atoms with van der Waals surface area (Å²) in [6, 6.07) is 19.0. The first-order valence-electron chi connectivity index (χ1n) is 6.68. The molecule has 1 unspecified atom stereocenters. The van der Waals surface area contributed by atoms with Crippen LogP contribution in [0.1, 0.15) is 12.5 Å². The van der Waals surface area contributed by atoms with Crippen molar-refractivity contribution in [1.82, 2.24) is 0 Å². The van der Waals surface area contributed by atoms with Gasteiger partial charge in [-0.25, -0.2) is 4.79 Å². The molecule has 0 spiro atoms. The van der Waals surface area contributed by atoms with Gasteiger partial charge in [0, 0.05) is 0 Å². The lowest BCUT2D eigenvalue weighted by Gasteiger charge is -2.12. The highest BCUT2D eigenvalue weighted by atomic mass is 16.6. The normalized spacial score (nSPS) is 11.8. The molecule has 3 heteroatoms. The summed E-state index contributed by atoms with van der Waals surface area (Å²) >= 11 is 0. The third kappa shape index (κ3) is 4.52. The van der Waals surface area contributed by atoms with Crippen LogP contribution in [-0.2, 0) is 16.0 Å². The van der Waals surface area contributed by atoms with Crippen LogP contribution >= 0.6 is 0 Å². The Bertz CT molecular complexity index is 522. The average molecular weight is 270 g/mol. The Morgan fingerprint density at radius 3 is 2.25 bits per heavy atom. The van der Waals surface area contributed by atoms with E-state index in [0.717, 1.165) is 6.42 Å². The van der Waals surface area contributed by atoms with E-state index in [-0.39, 0.29) is 5.97 Å². The molecule has 3 nitrogen and oxygen atoms in total. The fourth-order valence-electron chi connectivity index (χ4n) is 1.75. The van der Waals surface area contributed by atoms with Crippen LogP contribution in [0.15, 0.2) is 60.7 Å². The summed E-state index contributed by atoms with van der Waals surface area (Å²) in [5.74, 6) is 0.167. The second-order valence-electron chi connectivity index (χ2n) is 4.48. The highest BCUT2D eigenvalue weighted by molar-refractivity contribution is 5.76. The maximum Gasteiger partial charge on any atom is 0.340 e. The quantitative estimate of drug-likeness (QED) is 0.597. The minimum Gasteiger partial charge on any atom is -0.425 e. The van der Waals surface area contributed by atoms with Crippen LogP contribution in [0.5, 0.6) is 5.75 Å². The van der Waals surface area contributed by atoms with Gasteiger partial charge in [0.05, 0.1) is 6.61 Å². The Kier molecular flexibility index (Phi) is 5.33. The molecule has 0 bridgehead atoms. The summed E-state index contributed by atoms with van der Waals surface area (Å²) in [6.45, 7) is 2.20. The number of carbonyl (C=O) groups is 1. The fraction of sp³-hybridized carbons (Fsp3) is 0.235. The third-order valence-corrected chi connectivity index (χ3v) is 2.89. The molecular formula is C17H18O3. The highest BCUT2D eigenvalue weighted by Crippen LogP contribution is 2.10. The summed E-state index contributed by atoms with van der Waals surface area (Å²) in [7, 11) is 0. The Hall–Kier alpha value is -2.13. The molecule has 20 heavy (non-hydrogen) atoms. The van der Waals surface area contributed by atoms with Gasteiger partial charge in [0.1, 0.15) is 5.75 Å². The average Bonchev–Trinajstić information content (AvgIpc) is 2.49. The monoisotopic (exact) mass is 270 g/mol. The standard InChI is InChI=1S/C17H18O3/c1-14(17(18)20-16-10-6-3-7-11-16)19-13-12-15-8-4-2-5-9-15/h2-11,14H,12-13H2,1H3. The number of benzene rings is 2. The minimum atomic E-state index is -0.570. The van der Waals surface area contributed by atoms with Gasteiger partial charge in [-0.15, -0.1) is 0 Å². The van der Waals surface area contributed by atoms with E-state index >= 15 is 0 Å². The third-order valence-electron chi connectivity index (χ3n) is 2.89. The van der Waals surface area contributed by atoms with Crippen molar-refractivity contribution < 1.29 is 14.3 Å². The van der Waals surface area contributed by atoms with E-state index in [0.29, 0.717) is 12.4 Å². The Morgan fingerprint density at radius 2 is 1.60 bits per heavy atom. The molecule has 2 aromatic rings. The van der Waals surface area contributed by atoms with Gasteiger partial charge in [0.25, 0.3) is 0 Å². The summed E-state index contributed by atoms with van der Waals surface area (Å²) in [4.78, 5) is 11.8. The van der Waals surface area contributed by atoms with Crippen LogP contribution in [0.4, 0.5) is 0 Å². The molecule has 104 valence electrons. The molecule has 2 aromatic carbocycles. The zero-order chi connectivity index (χ0) is 14.2. The van der Waals surface area contributed by atoms with Gasteiger partial charge in [-0.05, 0) is 31.0 Å².